The van der Waals surface area contributed by atoms with E-state index in [4.69, 9.17) is 4.74 Å². The maximum absolute atomic E-state index is 13.1. The molecule has 5 nitrogen and oxygen atoms in total. The van der Waals surface area contributed by atoms with Gasteiger partial charge in [-0.25, -0.2) is 0 Å². The molecule has 1 heterocycles. The molecule has 0 bridgehead atoms. The maximum atomic E-state index is 13.1. The van der Waals surface area contributed by atoms with Gasteiger partial charge < -0.3 is 15.0 Å². The standard InChI is InChI=1S/C27H36N2O3/c1-5-15-28-27(31)24(6-2)32-22-13-12-20-14-16-29(25(30)17-19(3)4)26(23(20)18-22)21-10-8-7-9-11-21/h7-13,18-19,24,26H,5-6,14-17H2,1-4H3,(H,28,31)/t24-,26+/m0/s1. The predicted molar refractivity (Wildman–Crippen MR) is 128 cm³/mol. The molecule has 1 aliphatic heterocycles. The first kappa shape index (κ1) is 23.8. The molecule has 0 aromatic heterocycles. The summed E-state index contributed by atoms with van der Waals surface area (Å²) in [6.45, 7) is 9.48. The molecule has 1 N–H and O–H groups in total. The van der Waals surface area contributed by atoms with Gasteiger partial charge in [0.15, 0.2) is 6.10 Å². The third kappa shape index (κ3) is 5.70. The van der Waals surface area contributed by atoms with Crippen LogP contribution in [0.25, 0.3) is 0 Å². The Labute approximate surface area is 192 Å². The summed E-state index contributed by atoms with van der Waals surface area (Å²) in [7, 11) is 0. The molecule has 0 saturated heterocycles. The first-order chi connectivity index (χ1) is 15.4. The molecule has 32 heavy (non-hydrogen) atoms. The van der Waals surface area contributed by atoms with E-state index in [1.165, 1.54) is 5.56 Å². The highest BCUT2D eigenvalue weighted by atomic mass is 16.5. The minimum atomic E-state index is -0.531. The monoisotopic (exact) mass is 436 g/mol. The lowest BCUT2D eigenvalue weighted by molar-refractivity contribution is -0.134. The Morgan fingerprint density at radius 3 is 2.53 bits per heavy atom. The van der Waals surface area contributed by atoms with Crippen molar-refractivity contribution in [2.45, 2.75) is 65.5 Å². The van der Waals surface area contributed by atoms with Gasteiger partial charge in [-0.1, -0.05) is 64.1 Å². The van der Waals surface area contributed by atoms with Crippen molar-refractivity contribution in [3.63, 3.8) is 0 Å². The van der Waals surface area contributed by atoms with Crippen LogP contribution in [0.15, 0.2) is 48.5 Å². The zero-order chi connectivity index (χ0) is 23.1. The number of rotatable bonds is 9. The summed E-state index contributed by atoms with van der Waals surface area (Å²) in [6, 6.07) is 16.1. The van der Waals surface area contributed by atoms with Gasteiger partial charge in [-0.15, -0.1) is 0 Å². The highest BCUT2D eigenvalue weighted by Crippen LogP contribution is 2.38. The molecule has 0 unspecified atom stereocenters. The minimum Gasteiger partial charge on any atom is -0.481 e. The van der Waals surface area contributed by atoms with Crippen LogP contribution < -0.4 is 10.1 Å². The van der Waals surface area contributed by atoms with Crippen molar-refractivity contribution in [3.05, 3.63) is 65.2 Å². The molecule has 0 radical (unpaired) electrons. The number of hydrogen-bond donors (Lipinski definition) is 1. The SMILES string of the molecule is CCCNC(=O)[C@H](CC)Oc1ccc2c(c1)[C@@H](c1ccccc1)N(C(=O)CC(C)C)CC2. The highest BCUT2D eigenvalue weighted by Gasteiger charge is 2.32. The lowest BCUT2D eigenvalue weighted by Crippen LogP contribution is -2.41. The van der Waals surface area contributed by atoms with E-state index < -0.39 is 6.10 Å². The number of benzene rings is 2. The molecule has 0 spiro atoms. The minimum absolute atomic E-state index is 0.0829. The molecule has 1 aliphatic rings. The molecule has 0 aliphatic carbocycles. The molecule has 0 saturated carbocycles. The van der Waals surface area contributed by atoms with Gasteiger partial charge in [0.05, 0.1) is 6.04 Å². The summed E-state index contributed by atoms with van der Waals surface area (Å²) in [5, 5.41) is 2.92. The van der Waals surface area contributed by atoms with Crippen molar-refractivity contribution >= 4 is 11.8 Å². The first-order valence-corrected chi connectivity index (χ1v) is 11.9. The molecular weight excluding hydrogens is 400 g/mol. The molecular formula is C27H36N2O3. The van der Waals surface area contributed by atoms with Crippen molar-refractivity contribution < 1.29 is 14.3 Å². The molecule has 2 atom stereocenters. The lowest BCUT2D eigenvalue weighted by atomic mass is 9.87. The number of nitrogens with one attached hydrogen (secondary N) is 1. The van der Waals surface area contributed by atoms with Crippen LogP contribution in [0.1, 0.15) is 69.7 Å². The Morgan fingerprint density at radius 2 is 1.88 bits per heavy atom. The van der Waals surface area contributed by atoms with E-state index in [0.717, 1.165) is 24.0 Å². The van der Waals surface area contributed by atoms with E-state index in [1.54, 1.807) is 0 Å². The molecule has 5 heteroatoms. The average molecular weight is 437 g/mol. The van der Waals surface area contributed by atoms with E-state index >= 15 is 0 Å². The number of carbonyl (C=O) groups excluding carboxylic acids is 2. The van der Waals surface area contributed by atoms with Gasteiger partial charge in [0.1, 0.15) is 5.75 Å². The average Bonchev–Trinajstić information content (AvgIpc) is 2.80. The van der Waals surface area contributed by atoms with Crippen molar-refractivity contribution in [1.29, 1.82) is 0 Å². The van der Waals surface area contributed by atoms with Crippen LogP contribution in [0.2, 0.25) is 0 Å². The summed E-state index contributed by atoms with van der Waals surface area (Å²) in [5.41, 5.74) is 3.40. The van der Waals surface area contributed by atoms with Crippen LogP contribution in [0.3, 0.4) is 0 Å². The van der Waals surface area contributed by atoms with Crippen LogP contribution in [0, 0.1) is 5.92 Å². The van der Waals surface area contributed by atoms with Gasteiger partial charge in [-0.05, 0) is 54.0 Å². The van der Waals surface area contributed by atoms with Gasteiger partial charge in [0.25, 0.3) is 5.91 Å². The first-order valence-electron chi connectivity index (χ1n) is 11.9. The summed E-state index contributed by atoms with van der Waals surface area (Å²) in [4.78, 5) is 27.6. The number of nitrogens with zero attached hydrogens (tertiary/aromatic N) is 1. The van der Waals surface area contributed by atoms with Gasteiger partial charge in [0.2, 0.25) is 5.91 Å². The van der Waals surface area contributed by atoms with Crippen LogP contribution >= 0.6 is 0 Å². The lowest BCUT2D eigenvalue weighted by Gasteiger charge is -2.38. The summed E-state index contributed by atoms with van der Waals surface area (Å²) >= 11 is 0. The van der Waals surface area contributed by atoms with Gasteiger partial charge >= 0.3 is 0 Å². The van der Waals surface area contributed by atoms with E-state index in [9.17, 15) is 9.59 Å². The number of amides is 2. The molecule has 2 aromatic carbocycles. The summed E-state index contributed by atoms with van der Waals surface area (Å²) < 4.78 is 6.12. The maximum Gasteiger partial charge on any atom is 0.261 e. The fraction of sp³-hybridized carbons (Fsp3) is 0.481. The van der Waals surface area contributed by atoms with Crippen LogP contribution in [0.5, 0.6) is 5.75 Å². The second-order valence-electron chi connectivity index (χ2n) is 8.91. The fourth-order valence-electron chi connectivity index (χ4n) is 4.25. The third-order valence-electron chi connectivity index (χ3n) is 5.85. The Morgan fingerprint density at radius 1 is 1.12 bits per heavy atom. The topological polar surface area (TPSA) is 58.6 Å². The van der Waals surface area contributed by atoms with Gasteiger partial charge in [-0.2, -0.15) is 0 Å². The Balaban J connectivity index is 1.94. The van der Waals surface area contributed by atoms with Crippen molar-refractivity contribution in [3.8, 4) is 5.75 Å². The molecule has 3 rings (SSSR count). The van der Waals surface area contributed by atoms with Crippen molar-refractivity contribution in [2.75, 3.05) is 13.1 Å². The third-order valence-corrected chi connectivity index (χ3v) is 5.85. The second-order valence-corrected chi connectivity index (χ2v) is 8.91. The predicted octanol–water partition coefficient (Wildman–Crippen LogP) is 4.89. The molecule has 2 aromatic rings. The van der Waals surface area contributed by atoms with Gasteiger partial charge in [-0.3, -0.25) is 9.59 Å². The Hall–Kier alpha value is -2.82. The van der Waals surface area contributed by atoms with Crippen molar-refractivity contribution in [1.82, 2.24) is 10.2 Å². The second kappa shape index (κ2) is 11.2. The quantitative estimate of drug-likeness (QED) is 0.609. The largest absolute Gasteiger partial charge is 0.481 e. The Bertz CT molecular complexity index is 910. The summed E-state index contributed by atoms with van der Waals surface area (Å²) in [6.07, 6.45) is 2.30. The smallest absolute Gasteiger partial charge is 0.261 e. The number of carbonyl (C=O) groups is 2. The Kier molecular flexibility index (Phi) is 8.32. The van der Waals surface area contributed by atoms with Crippen LogP contribution in [-0.2, 0) is 16.0 Å². The normalized spacial score (nSPS) is 16.4. The van der Waals surface area contributed by atoms with E-state index in [0.29, 0.717) is 37.6 Å². The number of ether oxygens (including phenoxy) is 1. The number of fused-ring (bicyclic) bond motifs is 1. The van der Waals surface area contributed by atoms with E-state index in [1.807, 2.05) is 49.1 Å². The van der Waals surface area contributed by atoms with Crippen LogP contribution in [0.4, 0.5) is 0 Å². The number of hydrogen-bond acceptors (Lipinski definition) is 3. The highest BCUT2D eigenvalue weighted by molar-refractivity contribution is 5.81. The molecule has 0 fully saturated rings. The molecule has 2 amide bonds. The van der Waals surface area contributed by atoms with E-state index in [-0.39, 0.29) is 17.9 Å². The zero-order valence-corrected chi connectivity index (χ0v) is 19.8. The van der Waals surface area contributed by atoms with E-state index in [2.05, 4.69) is 37.4 Å². The molecule has 172 valence electrons. The zero-order valence-electron chi connectivity index (χ0n) is 19.8. The van der Waals surface area contributed by atoms with Gasteiger partial charge in [0, 0.05) is 19.5 Å². The van der Waals surface area contributed by atoms with Crippen molar-refractivity contribution in [2.24, 2.45) is 5.92 Å². The summed E-state index contributed by atoms with van der Waals surface area (Å²) in [5.74, 6) is 1.07. The fourth-order valence-corrected chi connectivity index (χ4v) is 4.25. The van der Waals surface area contributed by atoms with Crippen LogP contribution in [-0.4, -0.2) is 35.9 Å².